The van der Waals surface area contributed by atoms with Crippen molar-refractivity contribution in [1.29, 1.82) is 0 Å². The first-order chi connectivity index (χ1) is 9.12. The maximum atomic E-state index is 9.31. The Hall–Kier alpha value is -0.910. The van der Waals surface area contributed by atoms with Crippen LogP contribution in [0.4, 0.5) is 5.82 Å². The number of hydrogen-bond acceptors (Lipinski definition) is 4. The molecular weight excluding hydrogens is 324 g/mol. The summed E-state index contributed by atoms with van der Waals surface area (Å²) in [6, 6.07) is 6.03. The second-order valence-electron chi connectivity index (χ2n) is 4.42. The molecule has 0 aliphatic rings. The van der Waals surface area contributed by atoms with Crippen LogP contribution < -0.4 is 4.90 Å². The average Bonchev–Trinajstić information content (AvgIpc) is 2.83. The Balaban J connectivity index is 2.20. The van der Waals surface area contributed by atoms with Gasteiger partial charge in [-0.1, -0.05) is 6.92 Å². The Morgan fingerprint density at radius 2 is 2.16 bits per heavy atom. The zero-order chi connectivity index (χ0) is 13.8. The number of nitrogens with zero attached hydrogens (tertiary/aromatic N) is 2. The molecule has 0 aliphatic heterocycles. The van der Waals surface area contributed by atoms with Crippen LogP contribution in [0.2, 0.25) is 0 Å². The van der Waals surface area contributed by atoms with Crippen molar-refractivity contribution in [2.24, 2.45) is 0 Å². The highest BCUT2D eigenvalue weighted by Gasteiger charge is 2.08. The Morgan fingerprint density at radius 3 is 2.74 bits per heavy atom. The first-order valence-corrected chi connectivity index (χ1v) is 7.84. The van der Waals surface area contributed by atoms with Gasteiger partial charge in [0.25, 0.3) is 0 Å². The van der Waals surface area contributed by atoms with Gasteiger partial charge in [0.1, 0.15) is 5.82 Å². The smallest absolute Gasteiger partial charge is 0.129 e. The lowest BCUT2D eigenvalue weighted by molar-refractivity contribution is 0.281. The van der Waals surface area contributed by atoms with Gasteiger partial charge in [0.2, 0.25) is 0 Å². The van der Waals surface area contributed by atoms with Crippen molar-refractivity contribution >= 4 is 33.1 Å². The summed E-state index contributed by atoms with van der Waals surface area (Å²) in [6.45, 7) is 2.95. The topological polar surface area (TPSA) is 36.4 Å². The molecule has 19 heavy (non-hydrogen) atoms. The number of anilines is 1. The summed E-state index contributed by atoms with van der Waals surface area (Å²) in [7, 11) is 2.02. The fourth-order valence-electron chi connectivity index (χ4n) is 1.85. The summed E-state index contributed by atoms with van der Waals surface area (Å²) in [4.78, 5) is 8.00. The molecule has 0 aromatic carbocycles. The van der Waals surface area contributed by atoms with E-state index in [0.717, 1.165) is 34.5 Å². The van der Waals surface area contributed by atoms with E-state index < -0.39 is 0 Å². The normalized spacial score (nSPS) is 10.7. The van der Waals surface area contributed by atoms with Crippen LogP contribution in [0.1, 0.15) is 23.1 Å². The summed E-state index contributed by atoms with van der Waals surface area (Å²) in [6.07, 6.45) is 0.874. The standard InChI is InChI=1S/C14H17BrN2OS/c1-3-12-4-10(8-18)5-14(16-12)17(2)7-13-6-11(15)9-19-13/h4-6,9,18H,3,7-8H2,1-2H3. The van der Waals surface area contributed by atoms with Crippen LogP contribution >= 0.6 is 27.3 Å². The largest absolute Gasteiger partial charge is 0.392 e. The van der Waals surface area contributed by atoms with Crippen LogP contribution in [0.5, 0.6) is 0 Å². The fourth-order valence-corrected chi connectivity index (χ4v) is 3.36. The first-order valence-electron chi connectivity index (χ1n) is 6.17. The molecule has 0 amide bonds. The number of aliphatic hydroxyl groups excluding tert-OH is 1. The maximum absolute atomic E-state index is 9.31. The minimum Gasteiger partial charge on any atom is -0.392 e. The predicted molar refractivity (Wildman–Crippen MR) is 83.7 cm³/mol. The van der Waals surface area contributed by atoms with E-state index in [1.54, 1.807) is 11.3 Å². The Morgan fingerprint density at radius 1 is 1.37 bits per heavy atom. The number of thiophene rings is 1. The van der Waals surface area contributed by atoms with E-state index in [1.165, 1.54) is 4.88 Å². The number of pyridine rings is 1. The minimum absolute atomic E-state index is 0.0565. The molecule has 2 aromatic heterocycles. The summed E-state index contributed by atoms with van der Waals surface area (Å²) in [5.41, 5.74) is 1.93. The lowest BCUT2D eigenvalue weighted by Crippen LogP contribution is -2.17. The molecule has 0 radical (unpaired) electrons. The molecule has 2 aromatic rings. The monoisotopic (exact) mass is 340 g/mol. The number of hydrogen-bond donors (Lipinski definition) is 1. The van der Waals surface area contributed by atoms with Gasteiger partial charge in [0, 0.05) is 27.5 Å². The average molecular weight is 341 g/mol. The van der Waals surface area contributed by atoms with Gasteiger partial charge in [-0.2, -0.15) is 0 Å². The molecule has 0 bridgehead atoms. The van der Waals surface area contributed by atoms with Gasteiger partial charge in [-0.15, -0.1) is 11.3 Å². The molecule has 0 unspecified atom stereocenters. The van der Waals surface area contributed by atoms with Gasteiger partial charge in [0.05, 0.1) is 13.2 Å². The molecular formula is C14H17BrN2OS. The molecule has 0 saturated heterocycles. The Labute approximate surface area is 126 Å². The number of halogens is 1. The van der Waals surface area contributed by atoms with Crippen molar-refractivity contribution < 1.29 is 5.11 Å². The van der Waals surface area contributed by atoms with E-state index in [4.69, 9.17) is 0 Å². The third-order valence-electron chi connectivity index (χ3n) is 2.88. The second kappa shape index (κ2) is 6.50. The number of aromatic nitrogens is 1. The van der Waals surface area contributed by atoms with Crippen LogP contribution in [-0.2, 0) is 19.6 Å². The molecule has 2 rings (SSSR count). The molecule has 0 spiro atoms. The van der Waals surface area contributed by atoms with Crippen molar-refractivity contribution in [3.63, 3.8) is 0 Å². The van der Waals surface area contributed by atoms with E-state index in [9.17, 15) is 5.11 Å². The zero-order valence-electron chi connectivity index (χ0n) is 11.1. The maximum Gasteiger partial charge on any atom is 0.129 e. The molecule has 1 N–H and O–H groups in total. The SMILES string of the molecule is CCc1cc(CO)cc(N(C)Cc2cc(Br)cs2)n1. The van der Waals surface area contributed by atoms with Gasteiger partial charge in [-0.05, 0) is 46.1 Å². The number of aryl methyl sites for hydroxylation is 1. The highest BCUT2D eigenvalue weighted by molar-refractivity contribution is 9.10. The first kappa shape index (κ1) is 14.5. The van der Waals surface area contributed by atoms with Gasteiger partial charge in [-0.25, -0.2) is 4.98 Å². The summed E-state index contributed by atoms with van der Waals surface area (Å²) in [5.74, 6) is 0.910. The zero-order valence-corrected chi connectivity index (χ0v) is 13.5. The van der Waals surface area contributed by atoms with Gasteiger partial charge in [0.15, 0.2) is 0 Å². The van der Waals surface area contributed by atoms with Crippen molar-refractivity contribution in [1.82, 2.24) is 4.98 Å². The molecule has 5 heteroatoms. The van der Waals surface area contributed by atoms with Gasteiger partial charge in [-0.3, -0.25) is 0 Å². The quantitative estimate of drug-likeness (QED) is 0.903. The molecule has 102 valence electrons. The summed E-state index contributed by atoms with van der Waals surface area (Å²) in [5, 5.41) is 11.4. The van der Waals surface area contributed by atoms with E-state index in [-0.39, 0.29) is 6.61 Å². The van der Waals surface area contributed by atoms with Crippen LogP contribution in [0, 0.1) is 0 Å². The van der Waals surface area contributed by atoms with Gasteiger partial charge >= 0.3 is 0 Å². The lowest BCUT2D eigenvalue weighted by atomic mass is 10.2. The highest BCUT2D eigenvalue weighted by Crippen LogP contribution is 2.23. The van der Waals surface area contributed by atoms with Crippen molar-refractivity contribution in [2.75, 3.05) is 11.9 Å². The van der Waals surface area contributed by atoms with Crippen molar-refractivity contribution in [2.45, 2.75) is 26.5 Å². The number of aliphatic hydroxyl groups is 1. The fraction of sp³-hybridized carbons (Fsp3) is 0.357. The van der Waals surface area contributed by atoms with Crippen molar-refractivity contribution in [3.05, 3.63) is 44.2 Å². The van der Waals surface area contributed by atoms with Crippen LogP contribution in [0.15, 0.2) is 28.1 Å². The number of rotatable bonds is 5. The lowest BCUT2D eigenvalue weighted by Gasteiger charge is -2.19. The molecule has 0 aliphatic carbocycles. The van der Waals surface area contributed by atoms with E-state index in [2.05, 4.69) is 44.2 Å². The van der Waals surface area contributed by atoms with Crippen LogP contribution in [0.25, 0.3) is 0 Å². The van der Waals surface area contributed by atoms with Gasteiger partial charge < -0.3 is 10.0 Å². The molecule has 2 heterocycles. The summed E-state index contributed by atoms with van der Waals surface area (Å²) >= 11 is 5.19. The Bertz CT molecular complexity index is 534. The second-order valence-corrected chi connectivity index (χ2v) is 6.34. The third kappa shape index (κ3) is 3.78. The minimum atomic E-state index is 0.0565. The van der Waals surface area contributed by atoms with E-state index >= 15 is 0 Å². The molecule has 0 saturated carbocycles. The highest BCUT2D eigenvalue weighted by atomic mass is 79.9. The van der Waals surface area contributed by atoms with Crippen LogP contribution in [0.3, 0.4) is 0 Å². The molecule has 0 fully saturated rings. The van der Waals surface area contributed by atoms with E-state index in [0.29, 0.717) is 0 Å². The van der Waals surface area contributed by atoms with E-state index in [1.807, 2.05) is 19.2 Å². The molecule has 0 atom stereocenters. The molecule has 3 nitrogen and oxygen atoms in total. The third-order valence-corrected chi connectivity index (χ3v) is 4.56. The predicted octanol–water partition coefficient (Wildman–Crippen LogP) is 3.60. The summed E-state index contributed by atoms with van der Waals surface area (Å²) < 4.78 is 1.12. The van der Waals surface area contributed by atoms with Crippen LogP contribution in [-0.4, -0.2) is 17.1 Å². The van der Waals surface area contributed by atoms with Crippen molar-refractivity contribution in [3.8, 4) is 0 Å². The Kier molecular flexibility index (Phi) is 4.96.